The highest BCUT2D eigenvalue weighted by atomic mass is 14.5. The predicted octanol–water partition coefficient (Wildman–Crippen LogP) is 1.90. The first-order valence-electron chi connectivity index (χ1n) is 4.62. The molecule has 0 aromatic heterocycles. The number of benzene rings is 1. The fraction of sp³-hybridized carbons (Fsp3) is 0.455. The summed E-state index contributed by atoms with van der Waals surface area (Å²) < 4.78 is 0. The van der Waals surface area contributed by atoms with Crippen molar-refractivity contribution in [2.75, 3.05) is 12.3 Å². The van der Waals surface area contributed by atoms with Gasteiger partial charge in [0.1, 0.15) is 0 Å². The van der Waals surface area contributed by atoms with Crippen molar-refractivity contribution < 1.29 is 0 Å². The minimum Gasteiger partial charge on any atom is -0.399 e. The van der Waals surface area contributed by atoms with E-state index in [1.165, 1.54) is 5.56 Å². The van der Waals surface area contributed by atoms with Crippen molar-refractivity contribution in [1.29, 1.82) is 0 Å². The molecular formula is C11H18N2. The Bertz CT molecular complexity index is 262. The molecule has 0 radical (unpaired) electrons. The lowest BCUT2D eigenvalue weighted by molar-refractivity contribution is 0.488. The Morgan fingerprint density at radius 2 is 1.69 bits per heavy atom. The monoisotopic (exact) mass is 178 g/mol. The normalized spacial score (nSPS) is 11.6. The smallest absolute Gasteiger partial charge is 0.0314 e. The first-order valence-corrected chi connectivity index (χ1v) is 4.62. The van der Waals surface area contributed by atoms with Crippen LogP contribution in [-0.2, 0) is 5.41 Å². The topological polar surface area (TPSA) is 52.0 Å². The van der Waals surface area contributed by atoms with Crippen LogP contribution in [0, 0.1) is 0 Å². The van der Waals surface area contributed by atoms with Gasteiger partial charge in [-0.05, 0) is 36.1 Å². The van der Waals surface area contributed by atoms with Crippen LogP contribution in [0.5, 0.6) is 0 Å². The standard InChI is InChI=1S/C11H18N2/c1-11(2,7-8-12)9-3-5-10(13)6-4-9/h3-6H,7-8,12-13H2,1-2H3. The van der Waals surface area contributed by atoms with Gasteiger partial charge in [-0.15, -0.1) is 0 Å². The van der Waals surface area contributed by atoms with Gasteiger partial charge in [0.2, 0.25) is 0 Å². The van der Waals surface area contributed by atoms with Crippen LogP contribution in [0.2, 0.25) is 0 Å². The fourth-order valence-electron chi connectivity index (χ4n) is 1.44. The molecule has 13 heavy (non-hydrogen) atoms. The molecule has 0 amide bonds. The van der Waals surface area contributed by atoms with E-state index in [2.05, 4.69) is 26.0 Å². The highest BCUT2D eigenvalue weighted by Gasteiger charge is 2.18. The number of hydrogen-bond donors (Lipinski definition) is 2. The van der Waals surface area contributed by atoms with Gasteiger partial charge in [-0.3, -0.25) is 0 Å². The third-order valence-electron chi connectivity index (χ3n) is 2.46. The number of hydrogen-bond acceptors (Lipinski definition) is 2. The number of nitrogens with two attached hydrogens (primary N) is 2. The largest absolute Gasteiger partial charge is 0.399 e. The van der Waals surface area contributed by atoms with Crippen LogP contribution in [0.4, 0.5) is 5.69 Å². The minimum atomic E-state index is 0.155. The van der Waals surface area contributed by atoms with Gasteiger partial charge >= 0.3 is 0 Å². The van der Waals surface area contributed by atoms with Gasteiger partial charge < -0.3 is 11.5 Å². The van der Waals surface area contributed by atoms with Crippen LogP contribution in [0.25, 0.3) is 0 Å². The van der Waals surface area contributed by atoms with Crippen molar-refractivity contribution in [3.63, 3.8) is 0 Å². The maximum atomic E-state index is 5.62. The Morgan fingerprint density at radius 3 is 2.15 bits per heavy atom. The minimum absolute atomic E-state index is 0.155. The van der Waals surface area contributed by atoms with E-state index in [0.717, 1.165) is 18.7 Å². The summed E-state index contributed by atoms with van der Waals surface area (Å²) >= 11 is 0. The molecule has 72 valence electrons. The highest BCUT2D eigenvalue weighted by molar-refractivity contribution is 5.41. The summed E-state index contributed by atoms with van der Waals surface area (Å²) in [5.74, 6) is 0. The molecule has 2 heteroatoms. The summed E-state index contributed by atoms with van der Waals surface area (Å²) in [5, 5.41) is 0. The summed E-state index contributed by atoms with van der Waals surface area (Å²) in [7, 11) is 0. The third-order valence-corrected chi connectivity index (χ3v) is 2.46. The lowest BCUT2D eigenvalue weighted by atomic mass is 9.81. The van der Waals surface area contributed by atoms with Gasteiger partial charge in [-0.2, -0.15) is 0 Å². The quantitative estimate of drug-likeness (QED) is 0.694. The molecule has 0 heterocycles. The molecule has 1 aromatic carbocycles. The summed E-state index contributed by atoms with van der Waals surface area (Å²) in [6.45, 7) is 5.12. The first kappa shape index (κ1) is 10.1. The average Bonchev–Trinajstić information content (AvgIpc) is 2.05. The molecule has 1 rings (SSSR count). The molecule has 4 N–H and O–H groups in total. The maximum absolute atomic E-state index is 5.62. The van der Waals surface area contributed by atoms with Crippen LogP contribution in [0.3, 0.4) is 0 Å². The van der Waals surface area contributed by atoms with Gasteiger partial charge in [0.15, 0.2) is 0 Å². The van der Waals surface area contributed by atoms with Crippen molar-refractivity contribution >= 4 is 5.69 Å². The van der Waals surface area contributed by atoms with Crippen molar-refractivity contribution in [2.45, 2.75) is 25.7 Å². The molecule has 0 aliphatic heterocycles. The Morgan fingerprint density at radius 1 is 1.15 bits per heavy atom. The van der Waals surface area contributed by atoms with E-state index in [1.807, 2.05) is 12.1 Å². The zero-order valence-corrected chi connectivity index (χ0v) is 8.38. The Balaban J connectivity index is 2.87. The van der Waals surface area contributed by atoms with Crippen LogP contribution < -0.4 is 11.5 Å². The first-order chi connectivity index (χ1) is 6.06. The summed E-state index contributed by atoms with van der Waals surface area (Å²) in [6, 6.07) is 8.02. The van der Waals surface area contributed by atoms with Crippen molar-refractivity contribution in [3.05, 3.63) is 29.8 Å². The molecule has 0 saturated carbocycles. The van der Waals surface area contributed by atoms with Gasteiger partial charge in [0.05, 0.1) is 0 Å². The van der Waals surface area contributed by atoms with E-state index >= 15 is 0 Å². The molecule has 0 bridgehead atoms. The number of anilines is 1. The highest BCUT2D eigenvalue weighted by Crippen LogP contribution is 2.26. The molecular weight excluding hydrogens is 160 g/mol. The SMILES string of the molecule is CC(C)(CCN)c1ccc(N)cc1. The second-order valence-corrected chi connectivity index (χ2v) is 4.04. The molecule has 0 unspecified atom stereocenters. The van der Waals surface area contributed by atoms with Crippen LogP contribution in [0.1, 0.15) is 25.8 Å². The Hall–Kier alpha value is -1.02. The Kier molecular flexibility index (Phi) is 2.94. The lowest BCUT2D eigenvalue weighted by Crippen LogP contribution is -2.21. The summed E-state index contributed by atoms with van der Waals surface area (Å²) in [4.78, 5) is 0. The van der Waals surface area contributed by atoms with Gasteiger partial charge in [-0.1, -0.05) is 26.0 Å². The van der Waals surface area contributed by atoms with Crippen molar-refractivity contribution in [1.82, 2.24) is 0 Å². The zero-order valence-electron chi connectivity index (χ0n) is 8.38. The van der Waals surface area contributed by atoms with Crippen LogP contribution in [0.15, 0.2) is 24.3 Å². The maximum Gasteiger partial charge on any atom is 0.0314 e. The molecule has 0 aliphatic carbocycles. The van der Waals surface area contributed by atoms with E-state index in [0.29, 0.717) is 0 Å². The van der Waals surface area contributed by atoms with E-state index < -0.39 is 0 Å². The van der Waals surface area contributed by atoms with E-state index in [4.69, 9.17) is 11.5 Å². The third kappa shape index (κ3) is 2.46. The molecule has 0 fully saturated rings. The molecule has 0 atom stereocenters. The summed E-state index contributed by atoms with van der Waals surface area (Å²) in [6.07, 6.45) is 0.997. The summed E-state index contributed by atoms with van der Waals surface area (Å²) in [5.41, 5.74) is 13.4. The molecule has 0 saturated heterocycles. The molecule has 1 aromatic rings. The van der Waals surface area contributed by atoms with Crippen LogP contribution >= 0.6 is 0 Å². The van der Waals surface area contributed by atoms with Crippen molar-refractivity contribution in [2.24, 2.45) is 5.73 Å². The van der Waals surface area contributed by atoms with Gasteiger partial charge in [0, 0.05) is 5.69 Å². The average molecular weight is 178 g/mol. The van der Waals surface area contributed by atoms with Crippen LogP contribution in [-0.4, -0.2) is 6.54 Å². The second-order valence-electron chi connectivity index (χ2n) is 4.04. The predicted molar refractivity (Wildman–Crippen MR) is 57.6 cm³/mol. The molecule has 2 nitrogen and oxygen atoms in total. The zero-order chi connectivity index (χ0) is 9.90. The van der Waals surface area contributed by atoms with E-state index in [-0.39, 0.29) is 5.41 Å². The van der Waals surface area contributed by atoms with Crippen molar-refractivity contribution in [3.8, 4) is 0 Å². The number of rotatable bonds is 3. The van der Waals surface area contributed by atoms with Gasteiger partial charge in [-0.25, -0.2) is 0 Å². The molecule has 0 spiro atoms. The second kappa shape index (κ2) is 3.79. The number of nitrogen functional groups attached to an aromatic ring is 1. The Labute approximate surface area is 79.9 Å². The molecule has 0 aliphatic rings. The lowest BCUT2D eigenvalue weighted by Gasteiger charge is -2.24. The van der Waals surface area contributed by atoms with E-state index in [9.17, 15) is 0 Å². The fourth-order valence-corrected chi connectivity index (χ4v) is 1.44. The van der Waals surface area contributed by atoms with E-state index in [1.54, 1.807) is 0 Å². The van der Waals surface area contributed by atoms with Gasteiger partial charge in [0.25, 0.3) is 0 Å².